The van der Waals surface area contributed by atoms with Gasteiger partial charge >= 0.3 is 0 Å². The molecule has 1 amide bonds. The molecule has 1 saturated heterocycles. The fourth-order valence-electron chi connectivity index (χ4n) is 2.36. The van der Waals surface area contributed by atoms with Crippen molar-refractivity contribution in [1.82, 2.24) is 20.2 Å². The normalized spacial score (nSPS) is 20.8. The summed E-state index contributed by atoms with van der Waals surface area (Å²) >= 11 is 0. The van der Waals surface area contributed by atoms with Gasteiger partial charge in [-0.05, 0) is 19.4 Å². The monoisotopic (exact) mass is 251 g/mol. The summed E-state index contributed by atoms with van der Waals surface area (Å²) in [6.45, 7) is 3.75. The number of likely N-dealkylation sites (tertiary alicyclic amines) is 1. The molecule has 1 aliphatic heterocycles. The SMILES string of the molecule is NCCNC(=O)C1CCCN(Cc2cnc[nH]2)C1. The van der Waals surface area contributed by atoms with E-state index in [1.165, 1.54) is 0 Å². The molecule has 4 N–H and O–H groups in total. The smallest absolute Gasteiger partial charge is 0.224 e. The van der Waals surface area contributed by atoms with E-state index in [0.29, 0.717) is 13.1 Å². The number of nitrogens with one attached hydrogen (secondary N) is 2. The minimum absolute atomic E-state index is 0.0909. The maximum Gasteiger partial charge on any atom is 0.224 e. The van der Waals surface area contributed by atoms with Gasteiger partial charge in [0.1, 0.15) is 0 Å². The molecule has 1 aromatic heterocycles. The molecule has 0 aliphatic carbocycles. The number of nitrogens with zero attached hydrogens (tertiary/aromatic N) is 2. The van der Waals surface area contributed by atoms with Gasteiger partial charge in [0.15, 0.2) is 0 Å². The van der Waals surface area contributed by atoms with Gasteiger partial charge in [-0.3, -0.25) is 9.69 Å². The molecule has 0 aromatic carbocycles. The molecule has 2 rings (SSSR count). The summed E-state index contributed by atoms with van der Waals surface area (Å²) in [6, 6.07) is 0. The summed E-state index contributed by atoms with van der Waals surface area (Å²) in [5, 5.41) is 2.87. The summed E-state index contributed by atoms with van der Waals surface area (Å²) in [5.74, 6) is 0.225. The first-order chi connectivity index (χ1) is 8.79. The Balaban J connectivity index is 1.82. The van der Waals surface area contributed by atoms with E-state index in [0.717, 1.165) is 38.2 Å². The minimum Gasteiger partial charge on any atom is -0.355 e. The molecule has 100 valence electrons. The van der Waals surface area contributed by atoms with Crippen molar-refractivity contribution in [1.29, 1.82) is 0 Å². The Bertz CT molecular complexity index is 365. The summed E-state index contributed by atoms with van der Waals surface area (Å²) in [7, 11) is 0. The van der Waals surface area contributed by atoms with Crippen LogP contribution in [0, 0.1) is 5.92 Å². The van der Waals surface area contributed by atoms with E-state index in [4.69, 9.17) is 5.73 Å². The number of H-pyrrole nitrogens is 1. The fraction of sp³-hybridized carbons (Fsp3) is 0.667. The number of amides is 1. The molecule has 1 aromatic rings. The Morgan fingerprint density at radius 1 is 1.67 bits per heavy atom. The van der Waals surface area contributed by atoms with Gasteiger partial charge in [0.2, 0.25) is 5.91 Å². The highest BCUT2D eigenvalue weighted by atomic mass is 16.1. The zero-order chi connectivity index (χ0) is 12.8. The molecule has 1 unspecified atom stereocenters. The first kappa shape index (κ1) is 13.0. The van der Waals surface area contributed by atoms with Crippen LogP contribution < -0.4 is 11.1 Å². The first-order valence-corrected chi connectivity index (χ1v) is 6.47. The van der Waals surface area contributed by atoms with E-state index >= 15 is 0 Å². The van der Waals surface area contributed by atoms with Crippen LogP contribution in [0.5, 0.6) is 0 Å². The van der Waals surface area contributed by atoms with Crippen LogP contribution in [0.3, 0.4) is 0 Å². The second-order valence-corrected chi connectivity index (χ2v) is 4.73. The van der Waals surface area contributed by atoms with E-state index in [2.05, 4.69) is 20.2 Å². The average Bonchev–Trinajstić information content (AvgIpc) is 2.89. The predicted octanol–water partition coefficient (Wildman–Crippen LogP) is -0.303. The molecule has 18 heavy (non-hydrogen) atoms. The number of nitrogens with two attached hydrogens (primary N) is 1. The maximum absolute atomic E-state index is 11.9. The molecular formula is C12H21N5O. The summed E-state index contributed by atoms with van der Waals surface area (Å²) < 4.78 is 0. The Labute approximate surface area is 107 Å². The zero-order valence-corrected chi connectivity index (χ0v) is 10.6. The molecule has 0 saturated carbocycles. The molecule has 2 heterocycles. The number of imidazole rings is 1. The van der Waals surface area contributed by atoms with Crippen molar-refractivity contribution in [3.05, 3.63) is 18.2 Å². The first-order valence-electron chi connectivity index (χ1n) is 6.47. The lowest BCUT2D eigenvalue weighted by atomic mass is 9.97. The van der Waals surface area contributed by atoms with E-state index in [9.17, 15) is 4.79 Å². The van der Waals surface area contributed by atoms with Gasteiger partial charge in [-0.1, -0.05) is 0 Å². The second-order valence-electron chi connectivity index (χ2n) is 4.73. The Morgan fingerprint density at radius 2 is 2.56 bits per heavy atom. The van der Waals surface area contributed by atoms with Crippen molar-refractivity contribution >= 4 is 5.91 Å². The number of carbonyl (C=O) groups is 1. The van der Waals surface area contributed by atoms with Crippen LogP contribution in [0.1, 0.15) is 18.5 Å². The van der Waals surface area contributed by atoms with Gasteiger partial charge in [0, 0.05) is 38.1 Å². The van der Waals surface area contributed by atoms with Crippen LogP contribution >= 0.6 is 0 Å². The average molecular weight is 251 g/mol. The third-order valence-electron chi connectivity index (χ3n) is 3.27. The number of rotatable bonds is 5. The van der Waals surface area contributed by atoms with E-state index in [1.54, 1.807) is 6.33 Å². The van der Waals surface area contributed by atoms with Gasteiger partial charge in [-0.25, -0.2) is 4.98 Å². The largest absolute Gasteiger partial charge is 0.355 e. The predicted molar refractivity (Wildman–Crippen MR) is 68.7 cm³/mol. The standard InChI is InChI=1S/C12H21N5O/c13-3-4-15-12(18)10-2-1-5-17(7-10)8-11-6-14-9-16-11/h6,9-10H,1-5,7-8,13H2,(H,14,16)(H,15,18). The van der Waals surface area contributed by atoms with Crippen LogP contribution in [0.15, 0.2) is 12.5 Å². The molecule has 0 radical (unpaired) electrons. The van der Waals surface area contributed by atoms with Crippen molar-refractivity contribution in [2.75, 3.05) is 26.2 Å². The summed E-state index contributed by atoms with van der Waals surface area (Å²) in [4.78, 5) is 21.3. The Kier molecular flexibility index (Phi) is 4.72. The van der Waals surface area contributed by atoms with Crippen LogP contribution in [0.4, 0.5) is 0 Å². The van der Waals surface area contributed by atoms with Crippen LogP contribution in [0.2, 0.25) is 0 Å². The minimum atomic E-state index is 0.0909. The summed E-state index contributed by atoms with van der Waals surface area (Å²) in [6.07, 6.45) is 5.55. The van der Waals surface area contributed by atoms with Gasteiger partial charge < -0.3 is 16.0 Å². The quantitative estimate of drug-likeness (QED) is 0.670. The van der Waals surface area contributed by atoms with Crippen LogP contribution in [0.25, 0.3) is 0 Å². The number of aromatic amines is 1. The van der Waals surface area contributed by atoms with Crippen molar-refractivity contribution in [2.45, 2.75) is 19.4 Å². The molecule has 0 bridgehead atoms. The third kappa shape index (κ3) is 3.54. The van der Waals surface area contributed by atoms with E-state index in [1.807, 2.05) is 6.20 Å². The fourth-order valence-corrected chi connectivity index (χ4v) is 2.36. The highest BCUT2D eigenvalue weighted by Gasteiger charge is 2.25. The second kappa shape index (κ2) is 6.51. The molecule has 0 spiro atoms. The van der Waals surface area contributed by atoms with Crippen molar-refractivity contribution in [3.63, 3.8) is 0 Å². The molecule has 1 fully saturated rings. The molecule has 1 aliphatic rings. The number of piperidine rings is 1. The highest BCUT2D eigenvalue weighted by Crippen LogP contribution is 2.18. The van der Waals surface area contributed by atoms with Crippen LogP contribution in [-0.2, 0) is 11.3 Å². The lowest BCUT2D eigenvalue weighted by Gasteiger charge is -2.31. The van der Waals surface area contributed by atoms with E-state index < -0.39 is 0 Å². The Hall–Kier alpha value is -1.40. The lowest BCUT2D eigenvalue weighted by Crippen LogP contribution is -2.43. The molecule has 1 atom stereocenters. The van der Waals surface area contributed by atoms with E-state index in [-0.39, 0.29) is 11.8 Å². The highest BCUT2D eigenvalue weighted by molar-refractivity contribution is 5.78. The lowest BCUT2D eigenvalue weighted by molar-refractivity contribution is -0.126. The van der Waals surface area contributed by atoms with Gasteiger partial charge in [0.05, 0.1) is 12.2 Å². The molecular weight excluding hydrogens is 230 g/mol. The molecule has 6 nitrogen and oxygen atoms in total. The van der Waals surface area contributed by atoms with Crippen molar-refractivity contribution in [3.8, 4) is 0 Å². The number of carbonyl (C=O) groups excluding carboxylic acids is 1. The number of hydrogen-bond donors (Lipinski definition) is 3. The Morgan fingerprint density at radius 3 is 3.28 bits per heavy atom. The number of hydrogen-bond acceptors (Lipinski definition) is 4. The summed E-state index contributed by atoms with van der Waals surface area (Å²) in [5.41, 5.74) is 6.48. The van der Waals surface area contributed by atoms with Crippen molar-refractivity contribution in [2.24, 2.45) is 11.7 Å². The maximum atomic E-state index is 11.9. The van der Waals surface area contributed by atoms with Gasteiger partial charge in [-0.2, -0.15) is 0 Å². The zero-order valence-electron chi connectivity index (χ0n) is 10.6. The molecule has 6 heteroatoms. The number of aromatic nitrogens is 2. The van der Waals surface area contributed by atoms with Crippen LogP contribution in [-0.4, -0.2) is 47.0 Å². The third-order valence-corrected chi connectivity index (χ3v) is 3.27. The van der Waals surface area contributed by atoms with Gasteiger partial charge in [-0.15, -0.1) is 0 Å². The van der Waals surface area contributed by atoms with Gasteiger partial charge in [0.25, 0.3) is 0 Å². The van der Waals surface area contributed by atoms with Crippen molar-refractivity contribution < 1.29 is 4.79 Å². The topological polar surface area (TPSA) is 87.0 Å².